The van der Waals surface area contributed by atoms with E-state index in [1.807, 2.05) is 12.1 Å². The molecule has 1 atom stereocenters. The maximum Gasteiger partial charge on any atom is 0.251 e. The highest BCUT2D eigenvalue weighted by Crippen LogP contribution is 2.25. The van der Waals surface area contributed by atoms with Gasteiger partial charge in [0.2, 0.25) is 5.91 Å². The lowest BCUT2D eigenvalue weighted by Crippen LogP contribution is -2.36. The third-order valence-electron chi connectivity index (χ3n) is 5.81. The minimum absolute atomic E-state index is 0.0311. The molecule has 2 fully saturated rings. The summed E-state index contributed by atoms with van der Waals surface area (Å²) < 4.78 is 13.3. The number of hydrogen-bond donors (Lipinski definition) is 1. The van der Waals surface area contributed by atoms with Gasteiger partial charge in [-0.05, 0) is 74.3 Å². The van der Waals surface area contributed by atoms with Crippen molar-refractivity contribution in [3.63, 3.8) is 0 Å². The Kier molecular flexibility index (Phi) is 5.90. The van der Waals surface area contributed by atoms with Crippen LogP contribution in [0.2, 0.25) is 0 Å². The second kappa shape index (κ2) is 8.74. The largest absolute Gasteiger partial charge is 0.350 e. The van der Waals surface area contributed by atoms with Crippen LogP contribution >= 0.6 is 0 Å². The van der Waals surface area contributed by atoms with E-state index in [-0.39, 0.29) is 23.7 Å². The average molecular weight is 395 g/mol. The van der Waals surface area contributed by atoms with E-state index in [0.717, 1.165) is 50.1 Å². The van der Waals surface area contributed by atoms with Crippen LogP contribution in [0.3, 0.4) is 0 Å². The fourth-order valence-electron chi connectivity index (χ4n) is 4.20. The minimum Gasteiger partial charge on any atom is -0.350 e. The molecule has 29 heavy (non-hydrogen) atoms. The first-order chi connectivity index (χ1) is 14.1. The highest BCUT2D eigenvalue weighted by molar-refractivity contribution is 5.97. The molecule has 2 saturated heterocycles. The molecule has 0 aliphatic carbocycles. The Morgan fingerprint density at radius 3 is 2.28 bits per heavy atom. The minimum atomic E-state index is -0.255. The monoisotopic (exact) mass is 395 g/mol. The van der Waals surface area contributed by atoms with Crippen LogP contribution in [0.25, 0.3) is 0 Å². The van der Waals surface area contributed by atoms with E-state index in [1.54, 1.807) is 29.2 Å². The van der Waals surface area contributed by atoms with E-state index >= 15 is 0 Å². The number of hydrogen-bond acceptors (Lipinski definition) is 3. The molecule has 0 radical (unpaired) electrons. The standard InChI is InChI=1S/C23H26FN3O2/c24-19-9-5-17(6-10-19)21(26-13-1-2-14-26)16-25-23(29)18-7-11-20(12-8-18)27-15-3-4-22(27)28/h5-12,21H,1-4,13-16H2,(H,25,29). The number of anilines is 1. The Labute approximate surface area is 170 Å². The Hall–Kier alpha value is -2.73. The van der Waals surface area contributed by atoms with Crippen LogP contribution in [0.5, 0.6) is 0 Å². The lowest BCUT2D eigenvalue weighted by atomic mass is 10.0. The number of nitrogens with zero attached hydrogens (tertiary/aromatic N) is 2. The van der Waals surface area contributed by atoms with Crippen molar-refractivity contribution in [3.05, 3.63) is 65.5 Å². The van der Waals surface area contributed by atoms with Crippen LogP contribution in [-0.2, 0) is 4.79 Å². The zero-order chi connectivity index (χ0) is 20.2. The van der Waals surface area contributed by atoms with E-state index in [2.05, 4.69) is 10.2 Å². The molecule has 0 aromatic heterocycles. The summed E-state index contributed by atoms with van der Waals surface area (Å²) in [5, 5.41) is 3.03. The average Bonchev–Trinajstić information content (AvgIpc) is 3.41. The Balaban J connectivity index is 1.42. The molecule has 2 aliphatic rings. The molecule has 6 heteroatoms. The number of amides is 2. The summed E-state index contributed by atoms with van der Waals surface area (Å²) in [6.45, 7) is 3.17. The van der Waals surface area contributed by atoms with Crippen LogP contribution in [0, 0.1) is 5.82 Å². The van der Waals surface area contributed by atoms with Crippen LogP contribution in [0.1, 0.15) is 47.6 Å². The van der Waals surface area contributed by atoms with E-state index in [0.29, 0.717) is 18.5 Å². The predicted molar refractivity (Wildman–Crippen MR) is 110 cm³/mol. The molecular weight excluding hydrogens is 369 g/mol. The molecular formula is C23H26FN3O2. The lowest BCUT2D eigenvalue weighted by molar-refractivity contribution is -0.117. The summed E-state index contributed by atoms with van der Waals surface area (Å²) >= 11 is 0. The van der Waals surface area contributed by atoms with Crippen molar-refractivity contribution in [3.8, 4) is 0 Å². The number of halogens is 1. The summed E-state index contributed by atoms with van der Waals surface area (Å²) in [5.74, 6) is -0.264. The van der Waals surface area contributed by atoms with Gasteiger partial charge in [0, 0.05) is 30.8 Å². The summed E-state index contributed by atoms with van der Waals surface area (Å²) in [4.78, 5) is 28.7. The first kappa shape index (κ1) is 19.6. The van der Waals surface area contributed by atoms with Crippen molar-refractivity contribution >= 4 is 17.5 Å². The molecule has 1 unspecified atom stereocenters. The quantitative estimate of drug-likeness (QED) is 0.814. The lowest BCUT2D eigenvalue weighted by Gasteiger charge is -2.28. The normalized spacial score (nSPS) is 18.2. The molecule has 0 bridgehead atoms. The first-order valence-corrected chi connectivity index (χ1v) is 10.3. The van der Waals surface area contributed by atoms with Gasteiger partial charge in [-0.25, -0.2) is 4.39 Å². The van der Waals surface area contributed by atoms with Gasteiger partial charge in [0.25, 0.3) is 5.91 Å². The van der Waals surface area contributed by atoms with Crippen LogP contribution < -0.4 is 10.2 Å². The zero-order valence-electron chi connectivity index (χ0n) is 16.4. The molecule has 2 aliphatic heterocycles. The van der Waals surface area contributed by atoms with Gasteiger partial charge in [-0.2, -0.15) is 0 Å². The molecule has 4 rings (SSSR count). The third kappa shape index (κ3) is 4.48. The van der Waals surface area contributed by atoms with Crippen molar-refractivity contribution in [2.45, 2.75) is 31.7 Å². The molecule has 5 nitrogen and oxygen atoms in total. The van der Waals surface area contributed by atoms with Crippen molar-refractivity contribution in [1.29, 1.82) is 0 Å². The smallest absolute Gasteiger partial charge is 0.251 e. The SMILES string of the molecule is O=C(NCC(c1ccc(F)cc1)N1CCCC1)c1ccc(N2CCCC2=O)cc1. The molecule has 2 aromatic rings. The van der Waals surface area contributed by atoms with E-state index in [4.69, 9.17) is 0 Å². The van der Waals surface area contributed by atoms with Gasteiger partial charge < -0.3 is 10.2 Å². The molecule has 0 saturated carbocycles. The zero-order valence-corrected chi connectivity index (χ0v) is 16.4. The maximum atomic E-state index is 13.3. The van der Waals surface area contributed by atoms with Crippen molar-refractivity contribution in [1.82, 2.24) is 10.2 Å². The molecule has 2 heterocycles. The second-order valence-electron chi connectivity index (χ2n) is 7.72. The van der Waals surface area contributed by atoms with Gasteiger partial charge in [-0.3, -0.25) is 14.5 Å². The molecule has 2 aromatic carbocycles. The fraction of sp³-hybridized carbons (Fsp3) is 0.391. The first-order valence-electron chi connectivity index (χ1n) is 10.3. The number of rotatable bonds is 6. The highest BCUT2D eigenvalue weighted by Gasteiger charge is 2.25. The van der Waals surface area contributed by atoms with E-state index in [1.165, 1.54) is 12.1 Å². The number of carbonyl (C=O) groups excluding carboxylic acids is 2. The number of benzene rings is 2. The molecule has 1 N–H and O–H groups in total. The van der Waals surface area contributed by atoms with Crippen LogP contribution in [0.15, 0.2) is 48.5 Å². The van der Waals surface area contributed by atoms with Gasteiger partial charge >= 0.3 is 0 Å². The van der Waals surface area contributed by atoms with Gasteiger partial charge in [0.1, 0.15) is 5.82 Å². The number of nitrogens with one attached hydrogen (secondary N) is 1. The van der Waals surface area contributed by atoms with Gasteiger partial charge in [-0.15, -0.1) is 0 Å². The number of likely N-dealkylation sites (tertiary alicyclic amines) is 1. The van der Waals surface area contributed by atoms with Gasteiger partial charge in [0.15, 0.2) is 0 Å². The second-order valence-corrected chi connectivity index (χ2v) is 7.72. The third-order valence-corrected chi connectivity index (χ3v) is 5.81. The fourth-order valence-corrected chi connectivity index (χ4v) is 4.20. The van der Waals surface area contributed by atoms with E-state index < -0.39 is 0 Å². The predicted octanol–water partition coefficient (Wildman–Crippen LogP) is 3.52. The van der Waals surface area contributed by atoms with Gasteiger partial charge in [-0.1, -0.05) is 12.1 Å². The molecule has 0 spiro atoms. The number of carbonyl (C=O) groups is 2. The van der Waals surface area contributed by atoms with Crippen LogP contribution in [-0.4, -0.2) is 42.9 Å². The van der Waals surface area contributed by atoms with Crippen molar-refractivity contribution in [2.75, 3.05) is 31.1 Å². The topological polar surface area (TPSA) is 52.7 Å². The Morgan fingerprint density at radius 1 is 0.966 bits per heavy atom. The Morgan fingerprint density at radius 2 is 1.66 bits per heavy atom. The van der Waals surface area contributed by atoms with Crippen molar-refractivity contribution in [2.24, 2.45) is 0 Å². The summed E-state index contributed by atoms with van der Waals surface area (Å²) in [7, 11) is 0. The highest BCUT2D eigenvalue weighted by atomic mass is 19.1. The van der Waals surface area contributed by atoms with E-state index in [9.17, 15) is 14.0 Å². The van der Waals surface area contributed by atoms with Crippen molar-refractivity contribution < 1.29 is 14.0 Å². The summed E-state index contributed by atoms with van der Waals surface area (Å²) in [6, 6.07) is 13.8. The summed E-state index contributed by atoms with van der Waals surface area (Å²) in [5.41, 5.74) is 2.42. The van der Waals surface area contributed by atoms with Crippen LogP contribution in [0.4, 0.5) is 10.1 Å². The Bertz CT molecular complexity index is 861. The maximum absolute atomic E-state index is 13.3. The van der Waals surface area contributed by atoms with Gasteiger partial charge in [0.05, 0.1) is 6.04 Å². The summed E-state index contributed by atoms with van der Waals surface area (Å²) in [6.07, 6.45) is 3.75. The molecule has 152 valence electrons. The molecule has 2 amide bonds.